The fraction of sp³-hybridized carbons (Fsp3) is 0.797. The number of benzene rings is 1. The minimum Gasteiger partial charge on any atom is -0.494 e. The van der Waals surface area contributed by atoms with E-state index in [4.69, 9.17) is 61.6 Å². The van der Waals surface area contributed by atoms with Gasteiger partial charge in [0.05, 0.1) is 51.8 Å². The van der Waals surface area contributed by atoms with E-state index in [0.29, 0.717) is 18.6 Å². The predicted molar refractivity (Wildman–Crippen MR) is 335 cm³/mol. The van der Waals surface area contributed by atoms with Gasteiger partial charge >= 0.3 is 0 Å². The molecule has 6 fully saturated rings. The molecule has 0 saturated carbocycles. The minimum absolute atomic E-state index is 0.0389. The lowest BCUT2D eigenvalue weighted by molar-refractivity contribution is -0.368. The number of methoxy groups -OCH3 is 1. The first-order valence-corrected chi connectivity index (χ1v) is 33.4. The SMILES string of the molecule is CCCCCCC#CCCCOc1cccc(C(=O)N[C@@H]2C(O[C@H]3C(O)C(NC(C)=O)C(OC4C(CO)O[C@@H](O[C@H]5C(O)C(NC(C)=O)C(OC6C(CO[C@@H]7OC(C)C(O)[C@H](C)[C@H]7OC)OC(O)[C@@H](NC(C)=O)[C@H]6O)O[C@H]5CO)[C@@H](NC(C)=O)[C@H]4O)O[C@H]3CO)OC(CO)[C@@H](O)[C@@H]2O)c1. The van der Waals surface area contributed by atoms with Crippen LogP contribution in [0.4, 0.5) is 0 Å². The fourth-order valence-corrected chi connectivity index (χ4v) is 12.8. The summed E-state index contributed by atoms with van der Waals surface area (Å²) in [5.41, 5.74) is 0.0389. The Morgan fingerprint density at radius 3 is 1.36 bits per heavy atom. The van der Waals surface area contributed by atoms with Gasteiger partial charge in [-0.15, -0.1) is 11.8 Å². The Morgan fingerprint density at radius 1 is 0.475 bits per heavy atom. The highest BCUT2D eigenvalue weighted by Gasteiger charge is 2.58. The third kappa shape index (κ3) is 20.9. The molecular weight excluding hydrogens is 1320 g/mol. The van der Waals surface area contributed by atoms with Crippen LogP contribution in [0.3, 0.4) is 0 Å². The average Bonchev–Trinajstić information content (AvgIpc) is 0.771. The van der Waals surface area contributed by atoms with Crippen molar-refractivity contribution in [1.29, 1.82) is 0 Å². The zero-order chi connectivity index (χ0) is 72.5. The van der Waals surface area contributed by atoms with Crippen molar-refractivity contribution in [2.45, 2.75) is 271 Å². The van der Waals surface area contributed by atoms with E-state index in [1.807, 2.05) is 0 Å². The van der Waals surface area contributed by atoms with Crippen LogP contribution in [0.5, 0.6) is 5.75 Å². The van der Waals surface area contributed by atoms with Crippen molar-refractivity contribution in [1.82, 2.24) is 26.6 Å². The number of carbonyl (C=O) groups excluding carboxylic acids is 5. The topological polar surface area (TPSA) is 508 Å². The highest BCUT2D eigenvalue weighted by Crippen LogP contribution is 2.37. The smallest absolute Gasteiger partial charge is 0.251 e. The number of unbranched alkanes of at least 4 members (excludes halogenated alkanes) is 5. The van der Waals surface area contributed by atoms with Crippen LogP contribution in [0.1, 0.15) is 104 Å². The van der Waals surface area contributed by atoms with E-state index >= 15 is 0 Å². The van der Waals surface area contributed by atoms with Crippen LogP contribution >= 0.6 is 0 Å². The van der Waals surface area contributed by atoms with Crippen LogP contribution in [0.15, 0.2) is 24.3 Å². The van der Waals surface area contributed by atoms with Crippen molar-refractivity contribution >= 4 is 29.5 Å². The summed E-state index contributed by atoms with van der Waals surface area (Å²) in [7, 11) is 1.37. The Balaban J connectivity index is 1.07. The van der Waals surface area contributed by atoms with Crippen LogP contribution in [-0.2, 0) is 76.0 Å². The van der Waals surface area contributed by atoms with Gasteiger partial charge in [-0.3, -0.25) is 24.0 Å². The summed E-state index contributed by atoms with van der Waals surface area (Å²) in [4.78, 5) is 65.2. The molecule has 0 aromatic heterocycles. The lowest BCUT2D eigenvalue weighted by Crippen LogP contribution is -2.72. The van der Waals surface area contributed by atoms with Gasteiger partial charge < -0.3 is 149 Å². The monoisotopic (exact) mass is 1420 g/mol. The standard InChI is InChI=1S/C64H101N5O30/c1-9-10-11-12-13-14-15-16-17-21-88-35-20-18-19-34(22-35)58(85)69-42-48(80)47(79)36(23-70)92-60(42)96-54-37(24-71)93-61(43(50(54)82)66-31(5)75)97-55-38(25-72)94-62(44(51(55)83)67-32(6)76)98-56-39(26-73)95-63(45(52(56)84)68-33(7)77)99-57-40(91-59(86)41(49(57)81)65-30(4)74)27-89-64-53(87-8)28(2)46(78)29(3)90-64/h18-20,22,28-29,36-57,59-64,70-73,78-84,86H,9-13,16-17,21,23-27H2,1-8H3,(H,65,74)(H,66,75)(H,67,76)(H,68,77)(H,69,85)/t28-,29?,36?,37-,38?,39-,40?,41-,42-,43?,44-,45?,46?,47+,48+,49+,50?,51+,52?,53+,54+,55?,56+,57?,59?,60?,61?,62-,63?,64+/m0/s1. The molecule has 35 heteroatoms. The molecule has 99 heavy (non-hydrogen) atoms. The molecule has 562 valence electrons. The molecule has 6 aliphatic rings. The molecule has 1 aromatic carbocycles. The Labute approximate surface area is 572 Å². The van der Waals surface area contributed by atoms with E-state index in [0.717, 1.165) is 59.8 Å². The van der Waals surface area contributed by atoms with E-state index < -0.39 is 246 Å². The van der Waals surface area contributed by atoms with Gasteiger partial charge in [-0.25, -0.2) is 0 Å². The second-order valence-corrected chi connectivity index (χ2v) is 25.5. The van der Waals surface area contributed by atoms with Gasteiger partial charge in [-0.1, -0.05) is 39.2 Å². The number of hydrogen-bond acceptors (Lipinski definition) is 30. The van der Waals surface area contributed by atoms with E-state index in [1.54, 1.807) is 26.0 Å². The minimum atomic E-state index is -2.06. The maximum atomic E-state index is 13.9. The van der Waals surface area contributed by atoms with Crippen LogP contribution in [-0.4, -0.2) is 315 Å². The zero-order valence-corrected chi connectivity index (χ0v) is 56.5. The predicted octanol–water partition coefficient (Wildman–Crippen LogP) is -6.00. The lowest BCUT2D eigenvalue weighted by atomic mass is 9.91. The first-order valence-electron chi connectivity index (χ1n) is 33.4. The summed E-state index contributed by atoms with van der Waals surface area (Å²) in [5, 5.41) is 148. The number of hydrogen-bond donors (Lipinski definition) is 17. The molecule has 1 aromatic rings. The van der Waals surface area contributed by atoms with E-state index in [1.165, 1.54) is 19.2 Å². The normalized spacial score (nSPS) is 39.4. The summed E-state index contributed by atoms with van der Waals surface area (Å²) in [6.07, 6.45) is -33.6. The maximum absolute atomic E-state index is 13.9. The molecular formula is C64H101N5O30. The van der Waals surface area contributed by atoms with E-state index in [2.05, 4.69) is 45.3 Å². The number of nitrogens with one attached hydrogen (secondary N) is 5. The molecule has 7 rings (SSSR count). The highest BCUT2D eigenvalue weighted by molar-refractivity contribution is 5.94. The molecule has 6 aliphatic heterocycles. The Kier molecular flexibility index (Phi) is 31.6. The number of aliphatic hydroxyl groups is 12. The maximum Gasteiger partial charge on any atom is 0.251 e. The molecule has 30 atom stereocenters. The molecule has 0 radical (unpaired) electrons. The van der Waals surface area contributed by atoms with Crippen molar-refractivity contribution in [3.8, 4) is 17.6 Å². The zero-order valence-electron chi connectivity index (χ0n) is 56.5. The number of aliphatic hydroxyl groups excluding tert-OH is 12. The third-order valence-corrected chi connectivity index (χ3v) is 18.0. The number of ether oxygens (including phenoxy) is 13. The molecule has 5 amide bonds. The summed E-state index contributed by atoms with van der Waals surface area (Å²) in [5.74, 6) is 2.17. The fourth-order valence-electron chi connectivity index (χ4n) is 12.8. The van der Waals surface area contributed by atoms with Gasteiger partial charge in [0.1, 0.15) is 134 Å². The van der Waals surface area contributed by atoms with Crippen LogP contribution < -0.4 is 31.3 Å². The molecule has 6 saturated heterocycles. The molecule has 35 nitrogen and oxygen atoms in total. The summed E-state index contributed by atoms with van der Waals surface area (Å²) < 4.78 is 78.6. The molecule has 6 heterocycles. The number of rotatable bonds is 30. The molecule has 17 N–H and O–H groups in total. The Bertz CT molecular complexity index is 2790. The first-order chi connectivity index (χ1) is 47.2. The first kappa shape index (κ1) is 81.3. The Hall–Kier alpha value is -5.03. The van der Waals surface area contributed by atoms with Gasteiger partial charge in [0, 0.05) is 59.1 Å². The molecule has 0 bridgehead atoms. The van der Waals surface area contributed by atoms with E-state index in [9.17, 15) is 85.3 Å². The van der Waals surface area contributed by atoms with Gasteiger partial charge in [-0.2, -0.15) is 0 Å². The molecule has 0 spiro atoms. The number of amides is 5. The van der Waals surface area contributed by atoms with E-state index in [-0.39, 0.29) is 12.2 Å². The van der Waals surface area contributed by atoms with Crippen LogP contribution in [0, 0.1) is 17.8 Å². The van der Waals surface area contributed by atoms with Crippen molar-refractivity contribution < 1.29 is 147 Å². The van der Waals surface area contributed by atoms with Gasteiger partial charge in [-0.05, 0) is 38.0 Å². The van der Waals surface area contributed by atoms with Crippen molar-refractivity contribution in [3.63, 3.8) is 0 Å². The second kappa shape index (κ2) is 38.5. The van der Waals surface area contributed by atoms with Gasteiger partial charge in [0.25, 0.3) is 5.91 Å². The third-order valence-electron chi connectivity index (χ3n) is 18.0. The summed E-state index contributed by atoms with van der Waals surface area (Å²) in [6.45, 7) is 5.53. The summed E-state index contributed by atoms with van der Waals surface area (Å²) >= 11 is 0. The van der Waals surface area contributed by atoms with Gasteiger partial charge in [0.2, 0.25) is 23.6 Å². The quantitative estimate of drug-likeness (QED) is 0.0252. The van der Waals surface area contributed by atoms with Gasteiger partial charge in [0.15, 0.2) is 37.7 Å². The van der Waals surface area contributed by atoms with Crippen molar-refractivity contribution in [3.05, 3.63) is 29.8 Å². The summed E-state index contributed by atoms with van der Waals surface area (Å²) in [6, 6.07) is -2.41. The largest absolute Gasteiger partial charge is 0.494 e. The van der Waals surface area contributed by atoms with Crippen LogP contribution in [0.2, 0.25) is 0 Å². The molecule has 15 unspecified atom stereocenters. The van der Waals surface area contributed by atoms with Crippen molar-refractivity contribution in [2.24, 2.45) is 5.92 Å². The second-order valence-electron chi connectivity index (χ2n) is 25.5. The van der Waals surface area contributed by atoms with Crippen LogP contribution in [0.25, 0.3) is 0 Å². The average molecular weight is 1420 g/mol. The lowest BCUT2D eigenvalue weighted by Gasteiger charge is -2.51. The highest BCUT2D eigenvalue weighted by atomic mass is 16.8. The Morgan fingerprint density at radius 2 is 0.909 bits per heavy atom. The van der Waals surface area contributed by atoms with Crippen molar-refractivity contribution in [2.75, 3.05) is 46.8 Å². The molecule has 0 aliphatic carbocycles. The number of carbonyl (C=O) groups is 5.